The molecule has 0 aliphatic heterocycles. The predicted octanol–water partition coefficient (Wildman–Crippen LogP) is 4.22. The van der Waals surface area contributed by atoms with Gasteiger partial charge in [0.25, 0.3) is 0 Å². The van der Waals surface area contributed by atoms with E-state index in [0.29, 0.717) is 6.54 Å². The van der Waals surface area contributed by atoms with E-state index in [2.05, 4.69) is 0 Å². The summed E-state index contributed by atoms with van der Waals surface area (Å²) in [4.78, 5) is 14.0. The van der Waals surface area contributed by atoms with Crippen LogP contribution >= 0.6 is 11.3 Å². The molecule has 1 aromatic heterocycles. The van der Waals surface area contributed by atoms with Gasteiger partial charge in [-0.05, 0) is 48.7 Å². The van der Waals surface area contributed by atoms with Crippen molar-refractivity contribution in [1.29, 1.82) is 0 Å². The molecule has 1 heterocycles. The Balaban J connectivity index is 2.12. The molecule has 0 radical (unpaired) electrons. The Bertz CT molecular complexity index is 605. The lowest BCUT2D eigenvalue weighted by Gasteiger charge is -2.29. The number of thiophene rings is 1. The van der Waals surface area contributed by atoms with Gasteiger partial charge in [0.2, 0.25) is 0 Å². The van der Waals surface area contributed by atoms with Crippen molar-refractivity contribution in [3.05, 3.63) is 58.3 Å². The summed E-state index contributed by atoms with van der Waals surface area (Å²) in [5.74, 6) is 0. The van der Waals surface area contributed by atoms with Crippen molar-refractivity contribution in [2.75, 3.05) is 6.54 Å². The minimum atomic E-state index is -0.725. The number of aliphatic hydroxyl groups excluding tert-OH is 1. The molecule has 2 aromatic rings. The van der Waals surface area contributed by atoms with Gasteiger partial charge in [0.05, 0.1) is 12.6 Å². The van der Waals surface area contributed by atoms with E-state index in [1.165, 1.54) is 11.3 Å². The van der Waals surface area contributed by atoms with Gasteiger partial charge in [-0.1, -0.05) is 30.3 Å². The monoisotopic (exact) mass is 333 g/mol. The highest BCUT2D eigenvalue weighted by atomic mass is 32.1. The fourth-order valence-electron chi connectivity index (χ4n) is 2.11. The molecule has 0 spiro atoms. The fourth-order valence-corrected chi connectivity index (χ4v) is 2.82. The number of hydrogen-bond acceptors (Lipinski definition) is 4. The molecule has 0 saturated heterocycles. The van der Waals surface area contributed by atoms with Gasteiger partial charge in [0.15, 0.2) is 0 Å². The van der Waals surface area contributed by atoms with Crippen LogP contribution in [0.15, 0.2) is 47.2 Å². The summed E-state index contributed by atoms with van der Waals surface area (Å²) in [6.45, 7) is 6.10. The smallest absolute Gasteiger partial charge is 0.410 e. The van der Waals surface area contributed by atoms with E-state index in [1.807, 2.05) is 67.9 Å². The molecule has 4 nitrogen and oxygen atoms in total. The first-order valence-electron chi connectivity index (χ1n) is 7.57. The van der Waals surface area contributed by atoms with E-state index in [4.69, 9.17) is 4.74 Å². The van der Waals surface area contributed by atoms with E-state index < -0.39 is 17.8 Å². The van der Waals surface area contributed by atoms with Crippen molar-refractivity contribution in [3.8, 4) is 0 Å². The van der Waals surface area contributed by atoms with Crippen LogP contribution in [0.1, 0.15) is 38.0 Å². The van der Waals surface area contributed by atoms with Gasteiger partial charge in [-0.15, -0.1) is 0 Å². The Labute approximate surface area is 141 Å². The first-order valence-corrected chi connectivity index (χ1v) is 8.51. The molecule has 1 N–H and O–H groups in total. The van der Waals surface area contributed by atoms with Crippen LogP contribution in [-0.4, -0.2) is 28.2 Å². The van der Waals surface area contributed by atoms with Crippen LogP contribution in [0.2, 0.25) is 0 Å². The third-order valence-electron chi connectivity index (χ3n) is 3.19. The van der Waals surface area contributed by atoms with Crippen molar-refractivity contribution in [3.63, 3.8) is 0 Å². The Kier molecular flexibility index (Phi) is 5.80. The van der Waals surface area contributed by atoms with E-state index in [0.717, 1.165) is 11.1 Å². The van der Waals surface area contributed by atoms with Crippen LogP contribution in [0, 0.1) is 0 Å². The van der Waals surface area contributed by atoms with E-state index in [9.17, 15) is 9.90 Å². The standard InChI is InChI=1S/C18H23NO3S/c1-18(2,3)22-17(21)19(11-14-7-5-4-6-8-14)12-16(20)15-9-10-23-13-15/h4-10,13,16,20H,11-12H2,1-3H3. The Hall–Kier alpha value is -1.85. The lowest BCUT2D eigenvalue weighted by Crippen LogP contribution is -2.38. The van der Waals surface area contributed by atoms with Gasteiger partial charge >= 0.3 is 6.09 Å². The molecule has 5 heteroatoms. The molecule has 23 heavy (non-hydrogen) atoms. The maximum atomic E-state index is 12.5. The SMILES string of the molecule is CC(C)(C)OC(=O)N(Cc1ccccc1)CC(O)c1ccsc1. The second-order valence-corrected chi connectivity index (χ2v) is 7.20. The van der Waals surface area contributed by atoms with Crippen molar-refractivity contribution in [2.45, 2.75) is 39.0 Å². The molecular formula is C18H23NO3S. The summed E-state index contributed by atoms with van der Waals surface area (Å²) in [7, 11) is 0. The number of hydrogen-bond donors (Lipinski definition) is 1. The summed E-state index contributed by atoms with van der Waals surface area (Å²) in [5, 5.41) is 14.2. The number of carbonyl (C=O) groups is 1. The minimum absolute atomic E-state index is 0.195. The molecule has 0 fully saturated rings. The number of nitrogens with zero attached hydrogens (tertiary/aromatic N) is 1. The van der Waals surface area contributed by atoms with Gasteiger partial charge in [0, 0.05) is 6.54 Å². The minimum Gasteiger partial charge on any atom is -0.444 e. The highest BCUT2D eigenvalue weighted by Crippen LogP contribution is 2.20. The Morgan fingerprint density at radius 2 is 1.96 bits per heavy atom. The zero-order chi connectivity index (χ0) is 16.9. The van der Waals surface area contributed by atoms with Crippen molar-refractivity contribution < 1.29 is 14.6 Å². The van der Waals surface area contributed by atoms with Crippen LogP contribution in [0.4, 0.5) is 4.79 Å². The second-order valence-electron chi connectivity index (χ2n) is 6.42. The van der Waals surface area contributed by atoms with Crippen LogP contribution in [0.5, 0.6) is 0 Å². The van der Waals surface area contributed by atoms with E-state index in [1.54, 1.807) is 4.90 Å². The highest BCUT2D eigenvalue weighted by molar-refractivity contribution is 7.07. The summed E-state index contributed by atoms with van der Waals surface area (Å²) in [6.07, 6.45) is -1.15. The molecule has 0 bridgehead atoms. The predicted molar refractivity (Wildman–Crippen MR) is 92.4 cm³/mol. The number of ether oxygens (including phenoxy) is 1. The molecule has 0 aliphatic rings. The zero-order valence-corrected chi connectivity index (χ0v) is 14.5. The van der Waals surface area contributed by atoms with Gasteiger partial charge in [0.1, 0.15) is 5.60 Å². The summed E-state index contributed by atoms with van der Waals surface area (Å²) in [6, 6.07) is 11.6. The van der Waals surface area contributed by atoms with Crippen molar-refractivity contribution in [1.82, 2.24) is 4.90 Å². The maximum Gasteiger partial charge on any atom is 0.410 e. The fraction of sp³-hybridized carbons (Fsp3) is 0.389. The number of benzene rings is 1. The van der Waals surface area contributed by atoms with Crippen molar-refractivity contribution >= 4 is 17.4 Å². The topological polar surface area (TPSA) is 49.8 Å². The first kappa shape index (κ1) is 17.5. The van der Waals surface area contributed by atoms with Crippen LogP contribution in [0.3, 0.4) is 0 Å². The zero-order valence-electron chi connectivity index (χ0n) is 13.7. The molecule has 1 atom stereocenters. The third kappa shape index (κ3) is 5.69. The molecule has 0 saturated carbocycles. The highest BCUT2D eigenvalue weighted by Gasteiger charge is 2.24. The van der Waals surface area contributed by atoms with E-state index in [-0.39, 0.29) is 6.54 Å². The molecule has 124 valence electrons. The Morgan fingerprint density at radius 3 is 2.52 bits per heavy atom. The third-order valence-corrected chi connectivity index (χ3v) is 3.89. The average Bonchev–Trinajstić information content (AvgIpc) is 3.00. The number of rotatable bonds is 5. The molecule has 0 aliphatic carbocycles. The maximum absolute atomic E-state index is 12.5. The van der Waals surface area contributed by atoms with Crippen LogP contribution in [-0.2, 0) is 11.3 Å². The lowest BCUT2D eigenvalue weighted by atomic mass is 10.1. The molecule has 1 unspecified atom stereocenters. The lowest BCUT2D eigenvalue weighted by molar-refractivity contribution is 0.0124. The normalized spacial score (nSPS) is 12.7. The number of carbonyl (C=O) groups excluding carboxylic acids is 1. The largest absolute Gasteiger partial charge is 0.444 e. The summed E-state index contributed by atoms with van der Waals surface area (Å²) >= 11 is 1.52. The summed E-state index contributed by atoms with van der Waals surface area (Å²) in [5.41, 5.74) is 1.24. The number of aliphatic hydroxyl groups is 1. The van der Waals surface area contributed by atoms with Crippen LogP contribution in [0.25, 0.3) is 0 Å². The van der Waals surface area contributed by atoms with Gasteiger partial charge in [-0.25, -0.2) is 4.79 Å². The Morgan fingerprint density at radius 1 is 1.26 bits per heavy atom. The second kappa shape index (κ2) is 7.62. The van der Waals surface area contributed by atoms with Gasteiger partial charge in [-0.2, -0.15) is 11.3 Å². The molecule has 1 amide bonds. The molecule has 2 rings (SSSR count). The van der Waals surface area contributed by atoms with Gasteiger partial charge < -0.3 is 14.7 Å². The van der Waals surface area contributed by atoms with Gasteiger partial charge in [-0.3, -0.25) is 0 Å². The first-order chi connectivity index (χ1) is 10.8. The average molecular weight is 333 g/mol. The molecular weight excluding hydrogens is 310 g/mol. The molecule has 1 aromatic carbocycles. The van der Waals surface area contributed by atoms with E-state index >= 15 is 0 Å². The quantitative estimate of drug-likeness (QED) is 0.891. The number of amides is 1. The summed E-state index contributed by atoms with van der Waals surface area (Å²) < 4.78 is 5.47. The van der Waals surface area contributed by atoms with Crippen LogP contribution < -0.4 is 0 Å². The van der Waals surface area contributed by atoms with Crippen molar-refractivity contribution in [2.24, 2.45) is 0 Å².